The fourth-order valence-corrected chi connectivity index (χ4v) is 1.82. The molecule has 1 aromatic heterocycles. The van der Waals surface area contributed by atoms with Crippen LogP contribution in [0.25, 0.3) is 0 Å². The summed E-state index contributed by atoms with van der Waals surface area (Å²) >= 11 is 0. The molecule has 4 heteroatoms. The van der Waals surface area contributed by atoms with E-state index in [2.05, 4.69) is 18.9 Å². The van der Waals surface area contributed by atoms with E-state index >= 15 is 0 Å². The molecule has 4 nitrogen and oxygen atoms in total. The smallest absolute Gasteiger partial charge is 0.117 e. The summed E-state index contributed by atoms with van der Waals surface area (Å²) in [6.07, 6.45) is 3.91. The van der Waals surface area contributed by atoms with Crippen LogP contribution in [0.4, 0.5) is 5.69 Å². The third-order valence-corrected chi connectivity index (χ3v) is 2.84. The first-order valence-electron chi connectivity index (χ1n) is 5.16. The number of furan rings is 1. The van der Waals surface area contributed by atoms with Crippen molar-refractivity contribution in [1.29, 1.82) is 0 Å². The van der Waals surface area contributed by atoms with Gasteiger partial charge in [-0.25, -0.2) is 16.0 Å². The summed E-state index contributed by atoms with van der Waals surface area (Å²) in [5.41, 5.74) is 2.30. The molecule has 2 N–H and O–H groups in total. The average Bonchev–Trinajstić information content (AvgIpc) is 2.43. The normalized spacial score (nSPS) is 14.0. The molecule has 0 amide bonds. The van der Waals surface area contributed by atoms with Gasteiger partial charge in [0.15, 0.2) is 0 Å². The molecule has 2 rings (SSSR count). The van der Waals surface area contributed by atoms with E-state index < -0.39 is 0 Å². The van der Waals surface area contributed by atoms with Crippen LogP contribution < -0.4 is 11.0 Å². The minimum Gasteiger partial charge on any atom is -0.467 e. The van der Waals surface area contributed by atoms with E-state index in [1.54, 1.807) is 11.4 Å². The number of anilines is 1. The molecule has 0 spiro atoms. The number of hydrogen-bond acceptors (Lipinski definition) is 4. The molecule has 1 aromatic rings. The van der Waals surface area contributed by atoms with Gasteiger partial charge in [-0.2, -0.15) is 0 Å². The van der Waals surface area contributed by atoms with Crippen molar-refractivity contribution in [1.82, 2.24) is 5.01 Å². The van der Waals surface area contributed by atoms with Gasteiger partial charge in [0.1, 0.15) is 17.7 Å². The number of rotatable bonds is 4. The molecule has 14 heavy (non-hydrogen) atoms. The van der Waals surface area contributed by atoms with Gasteiger partial charge in [-0.15, -0.1) is 0 Å². The van der Waals surface area contributed by atoms with Gasteiger partial charge in [-0.05, 0) is 6.42 Å². The van der Waals surface area contributed by atoms with E-state index in [9.17, 15) is 0 Å². The van der Waals surface area contributed by atoms with Crippen molar-refractivity contribution in [2.45, 2.75) is 26.7 Å². The Morgan fingerprint density at radius 1 is 1.36 bits per heavy atom. The Hall–Kier alpha value is -1.00. The van der Waals surface area contributed by atoms with Gasteiger partial charge < -0.3 is 4.42 Å². The summed E-state index contributed by atoms with van der Waals surface area (Å²) in [4.78, 5) is 0. The minimum atomic E-state index is 0.910. The van der Waals surface area contributed by atoms with Gasteiger partial charge in [0, 0.05) is 25.1 Å². The van der Waals surface area contributed by atoms with E-state index in [0.29, 0.717) is 0 Å². The zero-order valence-corrected chi connectivity index (χ0v) is 8.79. The molecule has 0 aromatic carbocycles. The Labute approximate surface area is 84.2 Å². The molecule has 0 unspecified atom stereocenters. The lowest BCUT2D eigenvalue weighted by Gasteiger charge is -2.31. The lowest BCUT2D eigenvalue weighted by Crippen LogP contribution is -2.48. The largest absolute Gasteiger partial charge is 0.467 e. The molecule has 0 bridgehead atoms. The molecule has 1 aliphatic rings. The maximum Gasteiger partial charge on any atom is 0.117 e. The van der Waals surface area contributed by atoms with Gasteiger partial charge in [0.2, 0.25) is 0 Å². The summed E-state index contributed by atoms with van der Waals surface area (Å²) in [6.45, 7) is 6.01. The van der Waals surface area contributed by atoms with Gasteiger partial charge >= 0.3 is 0 Å². The van der Waals surface area contributed by atoms with Gasteiger partial charge in [0.25, 0.3) is 0 Å². The Kier molecular flexibility index (Phi) is 2.48. The summed E-state index contributed by atoms with van der Waals surface area (Å²) in [5.74, 6) is 7.11. The number of hydrogen-bond donors (Lipinski definition) is 1. The molecule has 0 radical (unpaired) electrons. The number of fused-ring (bicyclic) bond motifs is 1. The standard InChI is InChI=1S/C10H17N3O/c1-3-12(4-2)13(11)9-7-14-10-6-5-8(9)10/h7H,3-6,11H2,1-2H3. The predicted molar refractivity (Wildman–Crippen MR) is 55.7 cm³/mol. The quantitative estimate of drug-likeness (QED) is 0.581. The SMILES string of the molecule is CCN(CC)N(N)c1coc2c1CC2. The third-order valence-electron chi connectivity index (χ3n) is 2.84. The van der Waals surface area contributed by atoms with Crippen molar-refractivity contribution >= 4 is 5.69 Å². The van der Waals surface area contributed by atoms with Crippen LogP contribution in [0.2, 0.25) is 0 Å². The predicted octanol–water partition coefficient (Wildman–Crippen LogP) is 1.32. The highest BCUT2D eigenvalue weighted by Gasteiger charge is 2.25. The minimum absolute atomic E-state index is 0.910. The fraction of sp³-hybridized carbons (Fsp3) is 0.600. The summed E-state index contributed by atoms with van der Waals surface area (Å²) in [7, 11) is 0. The van der Waals surface area contributed by atoms with Crippen LogP contribution in [0.5, 0.6) is 0 Å². The molecule has 78 valence electrons. The molecule has 0 saturated heterocycles. The Morgan fingerprint density at radius 2 is 2.07 bits per heavy atom. The van der Waals surface area contributed by atoms with Crippen molar-refractivity contribution in [2.75, 3.05) is 18.2 Å². The second-order valence-corrected chi connectivity index (χ2v) is 3.51. The van der Waals surface area contributed by atoms with E-state index in [4.69, 9.17) is 10.3 Å². The second-order valence-electron chi connectivity index (χ2n) is 3.51. The summed E-state index contributed by atoms with van der Waals surface area (Å²) in [6, 6.07) is 0. The van der Waals surface area contributed by atoms with Crippen molar-refractivity contribution in [3.8, 4) is 0 Å². The van der Waals surface area contributed by atoms with Gasteiger partial charge in [0.05, 0.1) is 0 Å². The maximum atomic E-state index is 6.01. The van der Waals surface area contributed by atoms with E-state index in [-0.39, 0.29) is 0 Å². The monoisotopic (exact) mass is 195 g/mol. The zero-order chi connectivity index (χ0) is 10.1. The first kappa shape index (κ1) is 9.55. The Morgan fingerprint density at radius 3 is 2.50 bits per heavy atom. The number of nitrogens with zero attached hydrogens (tertiary/aromatic N) is 2. The van der Waals surface area contributed by atoms with Crippen molar-refractivity contribution in [3.05, 3.63) is 17.6 Å². The van der Waals surface area contributed by atoms with Crippen LogP contribution in [-0.4, -0.2) is 18.1 Å². The first-order chi connectivity index (χ1) is 6.77. The third kappa shape index (κ3) is 1.31. The second kappa shape index (κ2) is 3.63. The van der Waals surface area contributed by atoms with Gasteiger partial charge in [-0.3, -0.25) is 0 Å². The highest BCUT2D eigenvalue weighted by Crippen LogP contribution is 2.33. The van der Waals surface area contributed by atoms with Crippen LogP contribution in [-0.2, 0) is 12.8 Å². The average molecular weight is 195 g/mol. The van der Waals surface area contributed by atoms with E-state index in [1.807, 2.05) is 0 Å². The van der Waals surface area contributed by atoms with Crippen molar-refractivity contribution in [2.24, 2.45) is 5.84 Å². The van der Waals surface area contributed by atoms with E-state index in [0.717, 1.165) is 37.4 Å². The molecule has 0 fully saturated rings. The molecule has 0 atom stereocenters. The first-order valence-corrected chi connectivity index (χ1v) is 5.16. The van der Waals surface area contributed by atoms with E-state index in [1.165, 1.54) is 5.56 Å². The molecule has 1 heterocycles. The molecular weight excluding hydrogens is 178 g/mol. The number of nitrogens with two attached hydrogens (primary N) is 1. The molecule has 0 aliphatic heterocycles. The highest BCUT2D eigenvalue weighted by atomic mass is 16.3. The van der Waals surface area contributed by atoms with Crippen LogP contribution in [0.15, 0.2) is 10.7 Å². The Balaban J connectivity index is 2.17. The lowest BCUT2D eigenvalue weighted by molar-refractivity contribution is 0.277. The van der Waals surface area contributed by atoms with Crippen molar-refractivity contribution < 1.29 is 4.42 Å². The number of aryl methyl sites for hydroxylation is 1. The lowest BCUT2D eigenvalue weighted by atomic mass is 9.96. The Bertz CT molecular complexity index is 317. The summed E-state index contributed by atoms with van der Waals surface area (Å²) < 4.78 is 5.39. The maximum absolute atomic E-state index is 6.01. The van der Waals surface area contributed by atoms with Crippen LogP contribution in [0, 0.1) is 0 Å². The van der Waals surface area contributed by atoms with Gasteiger partial charge in [-0.1, -0.05) is 13.8 Å². The highest BCUT2D eigenvalue weighted by molar-refractivity contribution is 5.55. The number of hydrazine groups is 2. The fourth-order valence-electron chi connectivity index (χ4n) is 1.82. The topological polar surface area (TPSA) is 45.6 Å². The molecule has 0 saturated carbocycles. The van der Waals surface area contributed by atoms with Crippen LogP contribution in [0.1, 0.15) is 25.2 Å². The van der Waals surface area contributed by atoms with Crippen LogP contribution >= 0.6 is 0 Å². The zero-order valence-electron chi connectivity index (χ0n) is 8.79. The molecule has 1 aliphatic carbocycles. The summed E-state index contributed by atoms with van der Waals surface area (Å²) in [5, 5.41) is 3.78. The molecular formula is C10H17N3O. The van der Waals surface area contributed by atoms with Crippen molar-refractivity contribution in [3.63, 3.8) is 0 Å². The van der Waals surface area contributed by atoms with Crippen LogP contribution in [0.3, 0.4) is 0 Å².